The second kappa shape index (κ2) is 4.69. The lowest BCUT2D eigenvalue weighted by atomic mass is 10.3. The Morgan fingerprint density at radius 1 is 1.31 bits per heavy atom. The third-order valence-electron chi connectivity index (χ3n) is 1.40. The smallest absolute Gasteiger partial charge is 0.374 e. The van der Waals surface area contributed by atoms with Gasteiger partial charge < -0.3 is 4.18 Å². The molecule has 0 amide bonds. The van der Waals surface area contributed by atoms with Crippen LogP contribution in [0.5, 0.6) is 5.75 Å². The van der Waals surface area contributed by atoms with Gasteiger partial charge in [-0.1, -0.05) is 6.07 Å². The number of rotatable bonds is 2. The van der Waals surface area contributed by atoms with Gasteiger partial charge in [-0.05, 0) is 50.7 Å². The second-order valence-corrected chi connectivity index (χ2v) is 6.09. The Labute approximate surface area is 111 Å². The predicted molar refractivity (Wildman–Crippen MR) is 62.5 cm³/mol. The van der Waals surface area contributed by atoms with Gasteiger partial charge in [0.2, 0.25) is 0 Å². The maximum Gasteiger partial charge on any atom is 0.534 e. The zero-order chi connectivity index (χ0) is 12.6. The van der Waals surface area contributed by atoms with Crippen molar-refractivity contribution in [1.82, 2.24) is 0 Å². The number of para-hydroxylation sites is 1. The highest BCUT2D eigenvalue weighted by molar-refractivity contribution is 14.1. The van der Waals surface area contributed by atoms with E-state index in [0.29, 0.717) is 0 Å². The van der Waals surface area contributed by atoms with Crippen molar-refractivity contribution in [3.8, 4) is 5.75 Å². The summed E-state index contributed by atoms with van der Waals surface area (Å²) in [4.78, 5) is 0. The predicted octanol–water partition coefficient (Wildman–Crippen LogP) is 3.28. The molecule has 0 saturated carbocycles. The first-order valence-electron chi connectivity index (χ1n) is 3.60. The summed E-state index contributed by atoms with van der Waals surface area (Å²) in [6, 6.07) is 4.34. The molecule has 1 aromatic rings. The Balaban J connectivity index is 3.17. The highest BCUT2D eigenvalue weighted by Gasteiger charge is 2.49. The van der Waals surface area contributed by atoms with Crippen molar-refractivity contribution in [2.45, 2.75) is 5.51 Å². The summed E-state index contributed by atoms with van der Waals surface area (Å²) in [6.45, 7) is 0. The van der Waals surface area contributed by atoms with Gasteiger partial charge in [0.15, 0.2) is 5.75 Å². The topological polar surface area (TPSA) is 43.4 Å². The Bertz CT molecular complexity index is 480. The number of benzene rings is 1. The van der Waals surface area contributed by atoms with Gasteiger partial charge in [0.05, 0.1) is 8.04 Å². The fourth-order valence-corrected chi connectivity index (χ4v) is 2.90. The zero-order valence-corrected chi connectivity index (χ0v) is 11.8. The molecule has 0 unspecified atom stereocenters. The average Bonchev–Trinajstić information content (AvgIpc) is 2.10. The van der Waals surface area contributed by atoms with Crippen molar-refractivity contribution in [1.29, 1.82) is 0 Å². The summed E-state index contributed by atoms with van der Waals surface area (Å²) >= 11 is 4.57. The van der Waals surface area contributed by atoms with Crippen LogP contribution in [-0.4, -0.2) is 13.9 Å². The van der Waals surface area contributed by atoms with Crippen LogP contribution >= 0.6 is 38.5 Å². The maximum atomic E-state index is 12.1. The van der Waals surface area contributed by atoms with E-state index >= 15 is 0 Å². The Morgan fingerprint density at radius 2 is 1.88 bits per heavy atom. The van der Waals surface area contributed by atoms with Crippen molar-refractivity contribution in [2.24, 2.45) is 0 Å². The van der Waals surface area contributed by atoms with Crippen molar-refractivity contribution in [3.05, 3.63) is 26.2 Å². The molecule has 90 valence electrons. The first-order valence-corrected chi connectivity index (χ1v) is 6.88. The number of halogens is 5. The molecule has 1 aromatic carbocycles. The van der Waals surface area contributed by atoms with Crippen LogP contribution in [0.2, 0.25) is 0 Å². The van der Waals surface area contributed by atoms with E-state index in [1.54, 1.807) is 28.7 Å². The van der Waals surface area contributed by atoms with E-state index < -0.39 is 15.6 Å². The monoisotopic (exact) mass is 430 g/mol. The highest BCUT2D eigenvalue weighted by Crippen LogP contribution is 2.34. The molecular weight excluding hydrogens is 428 g/mol. The molecule has 0 saturated heterocycles. The van der Waals surface area contributed by atoms with Gasteiger partial charge in [-0.25, -0.2) is 0 Å². The lowest BCUT2D eigenvalue weighted by molar-refractivity contribution is -0.0500. The fraction of sp³-hybridized carbons (Fsp3) is 0.143. The molecule has 0 N–H and O–H groups in total. The highest BCUT2D eigenvalue weighted by atomic mass is 127. The minimum absolute atomic E-state index is 0.132. The van der Waals surface area contributed by atoms with E-state index in [9.17, 15) is 21.6 Å². The summed E-state index contributed by atoms with van der Waals surface area (Å²) < 4.78 is 62.1. The molecule has 0 spiro atoms. The van der Waals surface area contributed by atoms with Crippen LogP contribution in [0.4, 0.5) is 13.2 Å². The third kappa shape index (κ3) is 3.00. The van der Waals surface area contributed by atoms with E-state index in [2.05, 4.69) is 20.1 Å². The molecule has 0 atom stereocenters. The van der Waals surface area contributed by atoms with Crippen LogP contribution in [0.3, 0.4) is 0 Å². The lowest BCUT2D eigenvalue weighted by Gasteiger charge is -2.11. The minimum Gasteiger partial charge on any atom is -0.374 e. The Kier molecular flexibility index (Phi) is 4.11. The van der Waals surface area contributed by atoms with Gasteiger partial charge in [0.1, 0.15) is 0 Å². The van der Waals surface area contributed by atoms with E-state index in [0.717, 1.165) is 0 Å². The molecule has 0 aromatic heterocycles. The van der Waals surface area contributed by atoms with E-state index in [-0.39, 0.29) is 13.8 Å². The Hall–Kier alpha value is -0.0300. The van der Waals surface area contributed by atoms with Crippen LogP contribution in [0.1, 0.15) is 0 Å². The summed E-state index contributed by atoms with van der Waals surface area (Å²) in [7, 11) is -5.63. The normalized spacial score (nSPS) is 12.6. The number of hydrogen-bond acceptors (Lipinski definition) is 3. The van der Waals surface area contributed by atoms with Crippen molar-refractivity contribution in [3.63, 3.8) is 0 Å². The van der Waals surface area contributed by atoms with Crippen molar-refractivity contribution >= 4 is 48.6 Å². The summed E-state index contributed by atoms with van der Waals surface area (Å²) in [5, 5.41) is 0. The van der Waals surface area contributed by atoms with Crippen LogP contribution in [0.25, 0.3) is 0 Å². The van der Waals surface area contributed by atoms with E-state index in [1.165, 1.54) is 12.1 Å². The molecule has 0 heterocycles. The number of alkyl halides is 3. The van der Waals surface area contributed by atoms with E-state index in [4.69, 9.17) is 0 Å². The second-order valence-electron chi connectivity index (χ2n) is 2.53. The first kappa shape index (κ1) is 14.0. The molecule has 3 nitrogen and oxygen atoms in total. The maximum absolute atomic E-state index is 12.1. The SMILES string of the molecule is O=S(=O)(Oc1c(Br)cccc1I)C(F)(F)F. The van der Waals surface area contributed by atoms with Gasteiger partial charge in [-0.3, -0.25) is 0 Å². The summed E-state index contributed by atoms with van der Waals surface area (Å²) in [5.74, 6) is -0.375. The van der Waals surface area contributed by atoms with Gasteiger partial charge in [0.25, 0.3) is 0 Å². The lowest BCUT2D eigenvalue weighted by Crippen LogP contribution is -2.28. The van der Waals surface area contributed by atoms with Crippen molar-refractivity contribution in [2.75, 3.05) is 0 Å². The molecule has 0 aliphatic carbocycles. The van der Waals surface area contributed by atoms with E-state index in [1.807, 2.05) is 0 Å². The fourth-order valence-electron chi connectivity index (χ4n) is 0.719. The summed E-state index contributed by atoms with van der Waals surface area (Å²) in [5.41, 5.74) is -5.44. The molecule has 0 fully saturated rings. The molecule has 0 aliphatic heterocycles. The molecule has 0 aliphatic rings. The molecule has 0 bridgehead atoms. The molecule has 0 radical (unpaired) electrons. The van der Waals surface area contributed by atoms with Crippen molar-refractivity contribution < 1.29 is 25.8 Å². The quantitative estimate of drug-likeness (QED) is 0.411. The minimum atomic E-state index is -5.63. The van der Waals surface area contributed by atoms with Crippen LogP contribution < -0.4 is 4.18 Å². The van der Waals surface area contributed by atoms with Gasteiger partial charge in [0, 0.05) is 0 Å². The number of hydrogen-bond donors (Lipinski definition) is 0. The van der Waals surface area contributed by atoms with Crippen LogP contribution in [-0.2, 0) is 10.1 Å². The summed E-state index contributed by atoms with van der Waals surface area (Å²) in [6.07, 6.45) is 0. The molecule has 1 rings (SSSR count). The third-order valence-corrected chi connectivity index (χ3v) is 3.82. The zero-order valence-electron chi connectivity index (χ0n) is 7.25. The average molecular weight is 431 g/mol. The standard InChI is InChI=1S/C7H3BrF3IO3S/c8-4-2-1-3-5(12)6(4)15-16(13,14)7(9,10)11/h1-3H. The van der Waals surface area contributed by atoms with Gasteiger partial charge in [-0.15, -0.1) is 0 Å². The molecule has 9 heteroatoms. The van der Waals surface area contributed by atoms with Crippen LogP contribution in [0, 0.1) is 3.57 Å². The first-order chi connectivity index (χ1) is 7.15. The van der Waals surface area contributed by atoms with Gasteiger partial charge in [-0.2, -0.15) is 21.6 Å². The molecule has 16 heavy (non-hydrogen) atoms. The van der Waals surface area contributed by atoms with Gasteiger partial charge >= 0.3 is 15.6 Å². The molecular formula is C7H3BrF3IO3S. The van der Waals surface area contributed by atoms with Crippen LogP contribution in [0.15, 0.2) is 22.7 Å². The largest absolute Gasteiger partial charge is 0.534 e. The Morgan fingerprint density at radius 3 is 2.31 bits per heavy atom.